The molecule has 2 aromatic rings. The van der Waals surface area contributed by atoms with E-state index in [1.54, 1.807) is 7.11 Å². The highest BCUT2D eigenvalue weighted by atomic mass is 35.5. The molecule has 0 aliphatic carbocycles. The van der Waals surface area contributed by atoms with Crippen LogP contribution < -0.4 is 10.5 Å². The summed E-state index contributed by atoms with van der Waals surface area (Å²) in [6.07, 6.45) is 0.655. The third-order valence-electron chi connectivity index (χ3n) is 3.10. The first-order valence-corrected chi connectivity index (χ1v) is 6.47. The molecule has 0 radical (unpaired) electrons. The van der Waals surface area contributed by atoms with Crippen LogP contribution in [0.3, 0.4) is 0 Å². The zero-order valence-electron chi connectivity index (χ0n) is 11.4. The van der Waals surface area contributed by atoms with Gasteiger partial charge in [0.25, 0.3) is 0 Å². The molecule has 1 aromatic carbocycles. The summed E-state index contributed by atoms with van der Waals surface area (Å²) in [6, 6.07) is 7.42. The van der Waals surface area contributed by atoms with Gasteiger partial charge >= 0.3 is 0 Å². The number of benzene rings is 1. The average molecular weight is 280 g/mol. The van der Waals surface area contributed by atoms with Gasteiger partial charge in [0.2, 0.25) is 0 Å². The van der Waals surface area contributed by atoms with Gasteiger partial charge in [-0.2, -0.15) is 5.10 Å². The maximum Gasteiger partial charge on any atom is 0.122 e. The van der Waals surface area contributed by atoms with Crippen LogP contribution in [0.25, 0.3) is 0 Å². The number of hydrogen-bond acceptors (Lipinski definition) is 3. The summed E-state index contributed by atoms with van der Waals surface area (Å²) in [5.74, 6) is 0.804. The van der Waals surface area contributed by atoms with E-state index in [9.17, 15) is 0 Å². The summed E-state index contributed by atoms with van der Waals surface area (Å²) < 4.78 is 7.15. The quantitative estimate of drug-likeness (QED) is 0.936. The van der Waals surface area contributed by atoms with Crippen molar-refractivity contribution >= 4 is 11.6 Å². The monoisotopic (exact) mass is 279 g/mol. The van der Waals surface area contributed by atoms with Gasteiger partial charge in [0, 0.05) is 12.1 Å². The van der Waals surface area contributed by atoms with Gasteiger partial charge in [-0.1, -0.05) is 11.6 Å². The highest BCUT2D eigenvalue weighted by Crippen LogP contribution is 2.26. The molecule has 0 bridgehead atoms. The Labute approximate surface area is 118 Å². The van der Waals surface area contributed by atoms with E-state index >= 15 is 0 Å². The predicted octanol–water partition coefficient (Wildman–Crippen LogP) is 2.63. The fourth-order valence-corrected chi connectivity index (χ4v) is 2.42. The molecule has 1 atom stereocenters. The molecule has 0 aliphatic rings. The minimum Gasteiger partial charge on any atom is -0.496 e. The lowest BCUT2D eigenvalue weighted by atomic mass is 10.0. The molecule has 4 nitrogen and oxygen atoms in total. The Kier molecular flexibility index (Phi) is 4.12. The van der Waals surface area contributed by atoms with E-state index in [0.29, 0.717) is 11.4 Å². The van der Waals surface area contributed by atoms with Gasteiger partial charge in [0.15, 0.2) is 0 Å². The maximum atomic E-state index is 6.26. The van der Waals surface area contributed by atoms with Crippen molar-refractivity contribution in [2.45, 2.75) is 19.4 Å². The zero-order chi connectivity index (χ0) is 14.0. The number of methoxy groups -OCH3 is 1. The van der Waals surface area contributed by atoms with Crippen LogP contribution in [0.15, 0.2) is 24.3 Å². The molecule has 1 aromatic heterocycles. The summed E-state index contributed by atoms with van der Waals surface area (Å²) in [5, 5.41) is 5.00. The molecule has 0 spiro atoms. The molecule has 19 heavy (non-hydrogen) atoms. The lowest BCUT2D eigenvalue weighted by molar-refractivity contribution is 0.407. The second kappa shape index (κ2) is 5.63. The van der Waals surface area contributed by atoms with E-state index in [-0.39, 0.29) is 6.04 Å². The van der Waals surface area contributed by atoms with Crippen LogP contribution in [0.4, 0.5) is 0 Å². The minimum absolute atomic E-state index is 0.140. The molecule has 0 saturated heterocycles. The number of hydrogen-bond donors (Lipinski definition) is 1. The normalized spacial score (nSPS) is 12.5. The summed E-state index contributed by atoms with van der Waals surface area (Å²) in [5.41, 5.74) is 9.22. The summed E-state index contributed by atoms with van der Waals surface area (Å²) in [7, 11) is 3.55. The van der Waals surface area contributed by atoms with E-state index < -0.39 is 0 Å². The van der Waals surface area contributed by atoms with Crippen molar-refractivity contribution < 1.29 is 4.74 Å². The smallest absolute Gasteiger partial charge is 0.122 e. The van der Waals surface area contributed by atoms with E-state index in [0.717, 1.165) is 22.7 Å². The van der Waals surface area contributed by atoms with Crippen LogP contribution in [-0.4, -0.2) is 16.9 Å². The number of halogens is 1. The third kappa shape index (κ3) is 3.08. The maximum absolute atomic E-state index is 6.26. The van der Waals surface area contributed by atoms with E-state index in [1.165, 1.54) is 0 Å². The Morgan fingerprint density at radius 2 is 2.16 bits per heavy atom. The standard InChI is InChI=1S/C14H18ClN3O/c1-9-6-13(18(2)17-9)12(16)8-10-7-11(15)4-5-14(10)19-3/h4-7,12H,8,16H2,1-3H3. The molecule has 1 unspecified atom stereocenters. The Bertz CT molecular complexity index is 580. The lowest BCUT2D eigenvalue weighted by Gasteiger charge is -2.14. The highest BCUT2D eigenvalue weighted by molar-refractivity contribution is 6.30. The van der Waals surface area contributed by atoms with Crippen LogP contribution in [-0.2, 0) is 13.5 Å². The zero-order valence-corrected chi connectivity index (χ0v) is 12.1. The SMILES string of the molecule is COc1ccc(Cl)cc1CC(N)c1cc(C)nn1C. The van der Waals surface area contributed by atoms with Crippen molar-refractivity contribution in [3.05, 3.63) is 46.2 Å². The van der Waals surface area contributed by atoms with Crippen molar-refractivity contribution in [2.24, 2.45) is 12.8 Å². The lowest BCUT2D eigenvalue weighted by Crippen LogP contribution is -2.17. The Morgan fingerprint density at radius 1 is 1.42 bits per heavy atom. The molecule has 0 amide bonds. The van der Waals surface area contributed by atoms with Gasteiger partial charge in [-0.3, -0.25) is 4.68 Å². The summed E-state index contributed by atoms with van der Waals surface area (Å²) >= 11 is 6.02. The topological polar surface area (TPSA) is 53.1 Å². The van der Waals surface area contributed by atoms with Crippen LogP contribution >= 0.6 is 11.6 Å². The first-order valence-electron chi connectivity index (χ1n) is 6.09. The first kappa shape index (κ1) is 13.9. The molecular weight excluding hydrogens is 262 g/mol. The number of aromatic nitrogens is 2. The number of nitrogens with two attached hydrogens (primary N) is 1. The molecule has 1 heterocycles. The van der Waals surface area contributed by atoms with Crippen molar-refractivity contribution in [2.75, 3.05) is 7.11 Å². The second-order valence-corrected chi connectivity index (χ2v) is 5.04. The fourth-order valence-electron chi connectivity index (χ4n) is 2.23. The Hall–Kier alpha value is -1.52. The Morgan fingerprint density at radius 3 is 2.74 bits per heavy atom. The first-order chi connectivity index (χ1) is 9.01. The van der Waals surface area contributed by atoms with Crippen LogP contribution in [0, 0.1) is 6.92 Å². The van der Waals surface area contributed by atoms with E-state index in [1.807, 2.05) is 42.9 Å². The number of nitrogens with zero attached hydrogens (tertiary/aromatic N) is 2. The van der Waals surface area contributed by atoms with Crippen LogP contribution in [0.2, 0.25) is 5.02 Å². The van der Waals surface area contributed by atoms with Crippen molar-refractivity contribution in [1.29, 1.82) is 0 Å². The number of ether oxygens (including phenoxy) is 1. The number of rotatable bonds is 4. The predicted molar refractivity (Wildman–Crippen MR) is 76.6 cm³/mol. The summed E-state index contributed by atoms with van der Waals surface area (Å²) in [4.78, 5) is 0. The largest absolute Gasteiger partial charge is 0.496 e. The summed E-state index contributed by atoms with van der Waals surface area (Å²) in [6.45, 7) is 1.95. The minimum atomic E-state index is -0.140. The van der Waals surface area contributed by atoms with Crippen molar-refractivity contribution in [3.8, 4) is 5.75 Å². The molecule has 2 N–H and O–H groups in total. The molecule has 0 aliphatic heterocycles. The van der Waals surface area contributed by atoms with E-state index in [4.69, 9.17) is 22.1 Å². The highest BCUT2D eigenvalue weighted by Gasteiger charge is 2.15. The average Bonchev–Trinajstić information content (AvgIpc) is 2.69. The van der Waals surface area contributed by atoms with Gasteiger partial charge in [-0.15, -0.1) is 0 Å². The van der Waals surface area contributed by atoms with Gasteiger partial charge in [0.1, 0.15) is 5.75 Å². The van der Waals surface area contributed by atoms with Crippen LogP contribution in [0.1, 0.15) is 23.0 Å². The molecule has 2 rings (SSSR count). The molecule has 0 fully saturated rings. The Balaban J connectivity index is 2.25. The van der Waals surface area contributed by atoms with Gasteiger partial charge < -0.3 is 10.5 Å². The third-order valence-corrected chi connectivity index (χ3v) is 3.34. The second-order valence-electron chi connectivity index (χ2n) is 4.60. The van der Waals surface area contributed by atoms with Crippen LogP contribution in [0.5, 0.6) is 5.75 Å². The van der Waals surface area contributed by atoms with E-state index in [2.05, 4.69) is 5.10 Å². The molecule has 102 valence electrons. The molecular formula is C14H18ClN3O. The molecule has 5 heteroatoms. The number of aryl methyl sites for hydroxylation is 2. The van der Waals surface area contributed by atoms with Gasteiger partial charge in [-0.05, 0) is 43.2 Å². The molecule has 0 saturated carbocycles. The van der Waals surface area contributed by atoms with Gasteiger partial charge in [-0.25, -0.2) is 0 Å². The van der Waals surface area contributed by atoms with Gasteiger partial charge in [0.05, 0.1) is 24.5 Å². The van der Waals surface area contributed by atoms with Crippen molar-refractivity contribution in [1.82, 2.24) is 9.78 Å². The fraction of sp³-hybridized carbons (Fsp3) is 0.357. The van der Waals surface area contributed by atoms with Crippen molar-refractivity contribution in [3.63, 3.8) is 0 Å².